The third-order valence-corrected chi connectivity index (χ3v) is 2.36. The molecule has 0 heterocycles. The molecule has 0 radical (unpaired) electrons. The van der Waals surface area contributed by atoms with Crippen LogP contribution in [0.5, 0.6) is 5.75 Å². The number of ether oxygens (including phenoxy) is 1. The number of hydrogen-bond acceptors (Lipinski definition) is 1. The topological polar surface area (TPSA) is 9.23 Å². The van der Waals surface area contributed by atoms with Crippen LogP contribution >= 0.6 is 0 Å². The van der Waals surface area contributed by atoms with Gasteiger partial charge in [0.05, 0.1) is 0 Å². The largest absolute Gasteiger partial charge is 0.573 e. The SMILES string of the molecule is CCC(C)c1cccc(OC(F)(F)F)c1F. The summed E-state index contributed by atoms with van der Waals surface area (Å²) in [5.74, 6) is -1.85. The Kier molecular flexibility index (Phi) is 3.78. The van der Waals surface area contributed by atoms with Crippen molar-refractivity contribution in [3.63, 3.8) is 0 Å². The van der Waals surface area contributed by atoms with Crippen molar-refractivity contribution in [3.05, 3.63) is 29.6 Å². The van der Waals surface area contributed by atoms with Crippen molar-refractivity contribution in [1.29, 1.82) is 0 Å². The Morgan fingerprint density at radius 1 is 1.31 bits per heavy atom. The second-order valence-corrected chi connectivity index (χ2v) is 3.52. The minimum absolute atomic E-state index is 0.142. The summed E-state index contributed by atoms with van der Waals surface area (Å²) in [5, 5.41) is 0. The molecular formula is C11H12F4O. The zero-order chi connectivity index (χ0) is 12.3. The van der Waals surface area contributed by atoms with Crippen molar-refractivity contribution in [2.75, 3.05) is 0 Å². The van der Waals surface area contributed by atoms with Gasteiger partial charge in [0.1, 0.15) is 0 Å². The summed E-state index contributed by atoms with van der Waals surface area (Å²) in [6.07, 6.45) is -4.22. The van der Waals surface area contributed by atoms with Crippen LogP contribution in [0.25, 0.3) is 0 Å². The average molecular weight is 236 g/mol. The van der Waals surface area contributed by atoms with E-state index in [0.29, 0.717) is 6.42 Å². The fraction of sp³-hybridized carbons (Fsp3) is 0.455. The van der Waals surface area contributed by atoms with Crippen LogP contribution in [0, 0.1) is 5.82 Å². The van der Waals surface area contributed by atoms with E-state index >= 15 is 0 Å². The van der Waals surface area contributed by atoms with Crippen LogP contribution in [0.1, 0.15) is 31.7 Å². The Morgan fingerprint density at radius 3 is 2.44 bits per heavy atom. The molecule has 0 N–H and O–H groups in total. The Labute approximate surface area is 91.0 Å². The number of rotatable bonds is 3. The Morgan fingerprint density at radius 2 is 1.94 bits per heavy atom. The van der Waals surface area contributed by atoms with Crippen LogP contribution in [0.15, 0.2) is 18.2 Å². The van der Waals surface area contributed by atoms with E-state index in [4.69, 9.17) is 0 Å². The lowest BCUT2D eigenvalue weighted by Gasteiger charge is -2.14. The highest BCUT2D eigenvalue weighted by Crippen LogP contribution is 2.31. The highest BCUT2D eigenvalue weighted by Gasteiger charge is 2.32. The van der Waals surface area contributed by atoms with Crippen LogP contribution in [-0.2, 0) is 0 Å². The maximum absolute atomic E-state index is 13.6. The minimum Gasteiger partial charge on any atom is -0.403 e. The van der Waals surface area contributed by atoms with Gasteiger partial charge in [0.25, 0.3) is 0 Å². The standard InChI is InChI=1S/C11H12F4O/c1-3-7(2)8-5-4-6-9(10(8)12)16-11(13,14)15/h4-7H,3H2,1-2H3. The van der Waals surface area contributed by atoms with Gasteiger partial charge in [0.2, 0.25) is 0 Å². The molecule has 90 valence electrons. The van der Waals surface area contributed by atoms with Gasteiger partial charge in [-0.05, 0) is 24.0 Å². The molecule has 16 heavy (non-hydrogen) atoms. The fourth-order valence-corrected chi connectivity index (χ4v) is 1.33. The maximum Gasteiger partial charge on any atom is 0.573 e. The average Bonchev–Trinajstić information content (AvgIpc) is 2.18. The van der Waals surface area contributed by atoms with Crippen LogP contribution in [0.3, 0.4) is 0 Å². The van der Waals surface area contributed by atoms with Crippen molar-refractivity contribution >= 4 is 0 Å². The molecule has 0 amide bonds. The molecule has 0 aliphatic heterocycles. The van der Waals surface area contributed by atoms with E-state index in [0.717, 1.165) is 6.07 Å². The van der Waals surface area contributed by atoms with Crippen LogP contribution in [0.4, 0.5) is 17.6 Å². The first-order valence-corrected chi connectivity index (χ1v) is 4.89. The van der Waals surface area contributed by atoms with Gasteiger partial charge in [-0.25, -0.2) is 4.39 Å². The molecule has 1 rings (SSSR count). The first-order valence-electron chi connectivity index (χ1n) is 4.89. The second-order valence-electron chi connectivity index (χ2n) is 3.52. The summed E-state index contributed by atoms with van der Waals surface area (Å²) in [4.78, 5) is 0. The molecule has 1 atom stereocenters. The van der Waals surface area contributed by atoms with Gasteiger partial charge in [-0.1, -0.05) is 26.0 Å². The van der Waals surface area contributed by atoms with E-state index in [2.05, 4.69) is 4.74 Å². The van der Waals surface area contributed by atoms with Gasteiger partial charge in [-0.15, -0.1) is 13.2 Å². The van der Waals surface area contributed by atoms with E-state index in [-0.39, 0.29) is 11.5 Å². The molecule has 1 aromatic rings. The third-order valence-electron chi connectivity index (χ3n) is 2.36. The van der Waals surface area contributed by atoms with E-state index in [1.807, 2.05) is 6.92 Å². The first kappa shape index (κ1) is 12.8. The molecule has 1 nitrogen and oxygen atoms in total. The maximum atomic E-state index is 13.6. The Hall–Kier alpha value is -1.26. The highest BCUT2D eigenvalue weighted by atomic mass is 19.4. The van der Waals surface area contributed by atoms with Gasteiger partial charge < -0.3 is 4.74 Å². The molecule has 0 saturated heterocycles. The summed E-state index contributed by atoms with van der Waals surface area (Å²) in [6, 6.07) is 3.78. The third kappa shape index (κ3) is 3.12. The molecule has 0 aliphatic carbocycles. The van der Waals surface area contributed by atoms with Crippen molar-refractivity contribution in [1.82, 2.24) is 0 Å². The smallest absolute Gasteiger partial charge is 0.403 e. The lowest BCUT2D eigenvalue weighted by molar-refractivity contribution is -0.275. The predicted octanol–water partition coefficient (Wildman–Crippen LogP) is 4.24. The second kappa shape index (κ2) is 4.72. The first-order chi connectivity index (χ1) is 7.35. The quantitative estimate of drug-likeness (QED) is 0.713. The van der Waals surface area contributed by atoms with Gasteiger partial charge in [0.15, 0.2) is 11.6 Å². The van der Waals surface area contributed by atoms with E-state index in [9.17, 15) is 17.6 Å². The van der Waals surface area contributed by atoms with Gasteiger partial charge >= 0.3 is 6.36 Å². The van der Waals surface area contributed by atoms with E-state index in [1.165, 1.54) is 12.1 Å². The zero-order valence-corrected chi connectivity index (χ0v) is 8.94. The molecule has 1 unspecified atom stereocenters. The molecule has 1 aromatic carbocycles. The van der Waals surface area contributed by atoms with Crippen molar-refractivity contribution < 1.29 is 22.3 Å². The van der Waals surface area contributed by atoms with Gasteiger partial charge in [-0.3, -0.25) is 0 Å². The van der Waals surface area contributed by atoms with Gasteiger partial charge in [-0.2, -0.15) is 0 Å². The van der Waals surface area contributed by atoms with Gasteiger partial charge in [0, 0.05) is 0 Å². The molecule has 0 aliphatic rings. The van der Waals surface area contributed by atoms with Crippen molar-refractivity contribution in [2.24, 2.45) is 0 Å². The minimum atomic E-state index is -4.87. The summed E-state index contributed by atoms with van der Waals surface area (Å²) in [7, 11) is 0. The normalized spacial score (nSPS) is 13.6. The molecule has 0 saturated carbocycles. The zero-order valence-electron chi connectivity index (χ0n) is 8.94. The monoisotopic (exact) mass is 236 g/mol. The lowest BCUT2D eigenvalue weighted by atomic mass is 9.98. The van der Waals surface area contributed by atoms with Crippen LogP contribution in [-0.4, -0.2) is 6.36 Å². The number of alkyl halides is 3. The van der Waals surface area contributed by atoms with E-state index in [1.54, 1.807) is 6.92 Å². The summed E-state index contributed by atoms with van der Waals surface area (Å²) < 4.78 is 53.0. The molecule has 0 aromatic heterocycles. The number of halogens is 4. The predicted molar refractivity (Wildman–Crippen MR) is 51.8 cm³/mol. The number of hydrogen-bond donors (Lipinski definition) is 0. The number of benzene rings is 1. The molecule has 0 fully saturated rings. The fourth-order valence-electron chi connectivity index (χ4n) is 1.33. The summed E-state index contributed by atoms with van der Waals surface area (Å²) in [6.45, 7) is 3.58. The summed E-state index contributed by atoms with van der Waals surface area (Å²) >= 11 is 0. The summed E-state index contributed by atoms with van der Waals surface area (Å²) in [5.41, 5.74) is 0.240. The Bertz CT molecular complexity index is 359. The van der Waals surface area contributed by atoms with Crippen molar-refractivity contribution in [3.8, 4) is 5.75 Å². The molecule has 0 spiro atoms. The van der Waals surface area contributed by atoms with E-state index < -0.39 is 17.9 Å². The van der Waals surface area contributed by atoms with Crippen molar-refractivity contribution in [2.45, 2.75) is 32.5 Å². The lowest BCUT2D eigenvalue weighted by Crippen LogP contribution is -2.18. The van der Waals surface area contributed by atoms with Crippen LogP contribution in [0.2, 0.25) is 0 Å². The van der Waals surface area contributed by atoms with Crippen LogP contribution < -0.4 is 4.74 Å². The molecular weight excluding hydrogens is 224 g/mol. The molecule has 0 bridgehead atoms. The Balaban J connectivity index is 3.04. The molecule has 5 heteroatoms. The highest BCUT2D eigenvalue weighted by molar-refractivity contribution is 5.33.